The van der Waals surface area contributed by atoms with Gasteiger partial charge in [0.05, 0.1) is 11.0 Å². The number of halogens is 1. The molecule has 3 aromatic carbocycles. The van der Waals surface area contributed by atoms with Crippen molar-refractivity contribution < 1.29 is 9.18 Å². The van der Waals surface area contributed by atoms with Crippen molar-refractivity contribution in [3.63, 3.8) is 0 Å². The van der Waals surface area contributed by atoms with Crippen LogP contribution in [0.5, 0.6) is 0 Å². The Hall–Kier alpha value is -4.32. The Bertz CT molecular complexity index is 1500. The van der Waals surface area contributed by atoms with E-state index in [2.05, 4.69) is 36.3 Å². The van der Waals surface area contributed by atoms with Gasteiger partial charge in [0.2, 0.25) is 5.91 Å². The summed E-state index contributed by atoms with van der Waals surface area (Å²) in [4.78, 5) is 22.8. The van der Waals surface area contributed by atoms with Crippen LogP contribution in [0.1, 0.15) is 39.7 Å². The van der Waals surface area contributed by atoms with Crippen LogP contribution in [0.2, 0.25) is 0 Å². The fraction of sp³-hybridized carbons (Fsp3) is 0.167. The van der Waals surface area contributed by atoms with E-state index >= 15 is 0 Å². The lowest BCUT2D eigenvalue weighted by atomic mass is 10.0. The van der Waals surface area contributed by atoms with Crippen LogP contribution in [0.3, 0.4) is 0 Å². The van der Waals surface area contributed by atoms with E-state index in [9.17, 15) is 9.18 Å². The zero-order chi connectivity index (χ0) is 25.1. The van der Waals surface area contributed by atoms with Crippen molar-refractivity contribution in [3.05, 3.63) is 131 Å². The minimum absolute atomic E-state index is 0.129. The number of pyridine rings is 1. The van der Waals surface area contributed by atoms with Crippen LogP contribution in [0.15, 0.2) is 91.3 Å². The number of hydrogen-bond acceptors (Lipinski definition) is 3. The van der Waals surface area contributed by atoms with E-state index in [-0.39, 0.29) is 11.7 Å². The molecule has 2 heterocycles. The summed E-state index contributed by atoms with van der Waals surface area (Å²) in [5.41, 5.74) is 6.74. The first-order valence-electron chi connectivity index (χ1n) is 11.9. The van der Waals surface area contributed by atoms with Crippen LogP contribution < -0.4 is 5.32 Å². The predicted octanol–water partition coefficient (Wildman–Crippen LogP) is 5.68. The lowest BCUT2D eigenvalue weighted by Crippen LogP contribution is -2.33. The number of fused-ring (bicyclic) bond motifs is 1. The van der Waals surface area contributed by atoms with E-state index in [1.165, 1.54) is 12.1 Å². The first-order chi connectivity index (χ1) is 17.5. The molecule has 0 aliphatic carbocycles. The standard InChI is InChI=1S/C30H27FN4O/c1-20-16-26-27(17-21(20)2)35(28(34-26)18-22-8-10-25(31)11-9-22)29(24-6-4-3-5-7-24)30(36)33-19-23-12-14-32-15-13-23/h3-17,29H,18-19H2,1-2H3,(H,33,36)/t29-/m1/s1. The Morgan fingerprint density at radius 2 is 1.61 bits per heavy atom. The van der Waals surface area contributed by atoms with Gasteiger partial charge in [-0.15, -0.1) is 0 Å². The van der Waals surface area contributed by atoms with Gasteiger partial charge in [0.1, 0.15) is 17.7 Å². The van der Waals surface area contributed by atoms with Gasteiger partial charge < -0.3 is 9.88 Å². The first kappa shape index (κ1) is 23.4. The number of rotatable bonds is 7. The molecule has 5 aromatic rings. The summed E-state index contributed by atoms with van der Waals surface area (Å²) in [7, 11) is 0. The van der Waals surface area contributed by atoms with Gasteiger partial charge in [-0.25, -0.2) is 9.37 Å². The molecule has 0 fully saturated rings. The highest BCUT2D eigenvalue weighted by atomic mass is 19.1. The lowest BCUT2D eigenvalue weighted by molar-refractivity contribution is -0.123. The van der Waals surface area contributed by atoms with Crippen LogP contribution >= 0.6 is 0 Å². The zero-order valence-corrected chi connectivity index (χ0v) is 20.3. The molecule has 0 saturated carbocycles. The minimum atomic E-state index is -0.629. The topological polar surface area (TPSA) is 59.8 Å². The third kappa shape index (κ3) is 4.89. The molecule has 1 atom stereocenters. The Balaban J connectivity index is 1.63. The van der Waals surface area contributed by atoms with Crippen molar-refractivity contribution in [2.75, 3.05) is 0 Å². The van der Waals surface area contributed by atoms with Gasteiger partial charge in [-0.3, -0.25) is 9.78 Å². The van der Waals surface area contributed by atoms with E-state index in [0.29, 0.717) is 13.0 Å². The van der Waals surface area contributed by atoms with E-state index in [1.54, 1.807) is 24.5 Å². The van der Waals surface area contributed by atoms with Gasteiger partial charge in [0.25, 0.3) is 0 Å². The van der Waals surface area contributed by atoms with Crippen LogP contribution in [-0.2, 0) is 17.8 Å². The van der Waals surface area contributed by atoms with Crippen molar-refractivity contribution >= 4 is 16.9 Å². The van der Waals surface area contributed by atoms with Crippen molar-refractivity contribution in [2.24, 2.45) is 0 Å². The number of hydrogen-bond donors (Lipinski definition) is 1. The minimum Gasteiger partial charge on any atom is -0.350 e. The quantitative estimate of drug-likeness (QED) is 0.327. The lowest BCUT2D eigenvalue weighted by Gasteiger charge is -2.22. The number of nitrogens with one attached hydrogen (secondary N) is 1. The molecule has 0 radical (unpaired) electrons. The Labute approximate surface area is 209 Å². The van der Waals surface area contributed by atoms with Crippen molar-refractivity contribution in [1.29, 1.82) is 0 Å². The molecule has 0 saturated heterocycles. The Morgan fingerprint density at radius 3 is 2.33 bits per heavy atom. The van der Waals surface area contributed by atoms with Crippen molar-refractivity contribution in [3.8, 4) is 0 Å². The number of carbonyl (C=O) groups excluding carboxylic acids is 1. The van der Waals surface area contributed by atoms with Gasteiger partial charge in [-0.05, 0) is 78.1 Å². The fourth-order valence-corrected chi connectivity index (χ4v) is 4.44. The molecule has 6 heteroatoms. The van der Waals surface area contributed by atoms with Crippen LogP contribution in [0.25, 0.3) is 11.0 Å². The molecule has 0 spiro atoms. The average molecular weight is 479 g/mol. The van der Waals surface area contributed by atoms with Gasteiger partial charge in [0.15, 0.2) is 0 Å². The smallest absolute Gasteiger partial charge is 0.248 e. The summed E-state index contributed by atoms with van der Waals surface area (Å²) < 4.78 is 15.6. The number of aryl methyl sites for hydroxylation is 2. The highest BCUT2D eigenvalue weighted by molar-refractivity contribution is 5.87. The molecule has 1 amide bonds. The fourth-order valence-electron chi connectivity index (χ4n) is 4.44. The highest BCUT2D eigenvalue weighted by Gasteiger charge is 2.27. The maximum absolute atomic E-state index is 13.8. The number of aromatic nitrogens is 3. The molecule has 0 aliphatic heterocycles. The number of carbonyl (C=O) groups is 1. The Kier molecular flexibility index (Phi) is 6.58. The van der Waals surface area contributed by atoms with Crippen molar-refractivity contribution in [2.45, 2.75) is 32.9 Å². The molecular weight excluding hydrogens is 451 g/mol. The largest absolute Gasteiger partial charge is 0.350 e. The van der Waals surface area contributed by atoms with E-state index < -0.39 is 6.04 Å². The molecule has 5 nitrogen and oxygen atoms in total. The molecular formula is C30H27FN4O. The van der Waals surface area contributed by atoms with Crippen LogP contribution in [0, 0.1) is 19.7 Å². The third-order valence-corrected chi connectivity index (χ3v) is 6.49. The predicted molar refractivity (Wildman–Crippen MR) is 139 cm³/mol. The second-order valence-corrected chi connectivity index (χ2v) is 9.01. The molecule has 0 bridgehead atoms. The number of imidazole rings is 1. The maximum Gasteiger partial charge on any atom is 0.248 e. The molecule has 0 aliphatic rings. The number of amides is 1. The second kappa shape index (κ2) is 10.1. The molecule has 5 rings (SSSR count). The highest BCUT2D eigenvalue weighted by Crippen LogP contribution is 2.30. The van der Waals surface area contributed by atoms with Gasteiger partial charge in [-0.1, -0.05) is 42.5 Å². The number of benzene rings is 3. The van der Waals surface area contributed by atoms with Gasteiger partial charge in [-0.2, -0.15) is 0 Å². The third-order valence-electron chi connectivity index (χ3n) is 6.49. The maximum atomic E-state index is 13.8. The summed E-state index contributed by atoms with van der Waals surface area (Å²) in [6.07, 6.45) is 3.89. The summed E-state index contributed by atoms with van der Waals surface area (Å²) in [5.74, 6) is 0.335. The average Bonchev–Trinajstić information content (AvgIpc) is 3.22. The summed E-state index contributed by atoms with van der Waals surface area (Å²) in [6, 6.07) is 23.5. The van der Waals surface area contributed by atoms with E-state index in [0.717, 1.165) is 44.7 Å². The van der Waals surface area contributed by atoms with Gasteiger partial charge in [0, 0.05) is 25.4 Å². The van der Waals surface area contributed by atoms with Crippen LogP contribution in [-0.4, -0.2) is 20.4 Å². The molecule has 1 N–H and O–H groups in total. The molecule has 2 aromatic heterocycles. The summed E-state index contributed by atoms with van der Waals surface area (Å²) in [6.45, 7) is 4.51. The number of nitrogens with zero attached hydrogens (tertiary/aromatic N) is 3. The normalized spacial score (nSPS) is 12.0. The molecule has 36 heavy (non-hydrogen) atoms. The summed E-state index contributed by atoms with van der Waals surface area (Å²) in [5, 5.41) is 3.11. The molecule has 0 unspecified atom stereocenters. The van der Waals surface area contributed by atoms with E-state index in [4.69, 9.17) is 4.98 Å². The van der Waals surface area contributed by atoms with Gasteiger partial charge >= 0.3 is 0 Å². The first-order valence-corrected chi connectivity index (χ1v) is 11.9. The monoisotopic (exact) mass is 478 g/mol. The second-order valence-electron chi connectivity index (χ2n) is 9.01. The summed E-state index contributed by atoms with van der Waals surface area (Å²) >= 11 is 0. The van der Waals surface area contributed by atoms with E-state index in [1.807, 2.05) is 47.0 Å². The Morgan fingerprint density at radius 1 is 0.917 bits per heavy atom. The zero-order valence-electron chi connectivity index (χ0n) is 20.3. The molecule has 180 valence electrons. The SMILES string of the molecule is Cc1cc2nc(Cc3ccc(F)cc3)n([C@@H](C(=O)NCc3ccncc3)c3ccccc3)c2cc1C. The van der Waals surface area contributed by atoms with Crippen LogP contribution in [0.4, 0.5) is 4.39 Å². The van der Waals surface area contributed by atoms with Crippen molar-refractivity contribution in [1.82, 2.24) is 19.9 Å².